The van der Waals surface area contributed by atoms with Gasteiger partial charge in [-0.1, -0.05) is 13.3 Å². The molecule has 80 valence electrons. The van der Waals surface area contributed by atoms with Crippen molar-refractivity contribution in [3.63, 3.8) is 0 Å². The average Bonchev–Trinajstić information content (AvgIpc) is 2.12. The van der Waals surface area contributed by atoms with Gasteiger partial charge in [-0.15, -0.1) is 0 Å². The van der Waals surface area contributed by atoms with Crippen LogP contribution >= 0.6 is 0 Å². The molecule has 2 N–H and O–H groups in total. The van der Waals surface area contributed by atoms with Gasteiger partial charge in [0, 0.05) is 0 Å². The van der Waals surface area contributed by atoms with Crippen molar-refractivity contribution >= 4 is 12.0 Å². The minimum absolute atomic E-state index is 0.418. The van der Waals surface area contributed by atoms with E-state index in [4.69, 9.17) is 5.53 Å². The molecule has 0 heterocycles. The Labute approximate surface area is 83.7 Å². The number of carbonyl (C=O) groups is 1. The minimum atomic E-state index is -0.794. The summed E-state index contributed by atoms with van der Waals surface area (Å²) in [6.45, 7) is 4.22. The Hall–Kier alpha value is -1.03. The fourth-order valence-corrected chi connectivity index (χ4v) is 1.08. The van der Waals surface area contributed by atoms with Crippen LogP contribution in [0, 0.1) is 0 Å². The van der Waals surface area contributed by atoms with Gasteiger partial charge in [-0.2, -0.15) is 4.79 Å². The lowest BCUT2D eigenvalue weighted by Gasteiger charge is -2.16. The molecule has 0 saturated carbocycles. The van der Waals surface area contributed by atoms with E-state index in [1.165, 1.54) is 6.92 Å². The topological polar surface area (TPSA) is 85.7 Å². The van der Waals surface area contributed by atoms with Crippen LogP contribution in [0.1, 0.15) is 26.7 Å². The number of ketones is 1. The summed E-state index contributed by atoms with van der Waals surface area (Å²) in [6, 6.07) is -0.683. The molecule has 0 fully saturated rings. The van der Waals surface area contributed by atoms with Gasteiger partial charge in [-0.25, -0.2) is 0 Å². The molecule has 5 heteroatoms. The summed E-state index contributed by atoms with van der Waals surface area (Å²) in [4.78, 5) is 13.9. The summed E-state index contributed by atoms with van der Waals surface area (Å²) in [5, 5.41) is 12.2. The number of aliphatic hydroxyl groups is 1. The zero-order chi connectivity index (χ0) is 11.0. The predicted molar refractivity (Wildman–Crippen MR) is 53.1 cm³/mol. The fourth-order valence-electron chi connectivity index (χ4n) is 1.08. The van der Waals surface area contributed by atoms with Crippen LogP contribution in [0.2, 0.25) is 0 Å². The molecule has 14 heavy (non-hydrogen) atoms. The number of rotatable bonds is 7. The van der Waals surface area contributed by atoms with Gasteiger partial charge in [0.1, 0.15) is 6.04 Å². The molecule has 0 aliphatic heterocycles. The first kappa shape index (κ1) is 13.0. The van der Waals surface area contributed by atoms with Crippen molar-refractivity contribution in [3.8, 4) is 0 Å². The summed E-state index contributed by atoms with van der Waals surface area (Å²) in [7, 11) is 0. The molecule has 0 aromatic heterocycles. The van der Waals surface area contributed by atoms with Crippen molar-refractivity contribution in [2.75, 3.05) is 6.54 Å². The Morgan fingerprint density at radius 2 is 2.36 bits per heavy atom. The highest BCUT2D eigenvalue weighted by Gasteiger charge is 2.23. The summed E-state index contributed by atoms with van der Waals surface area (Å²) in [5.74, 6) is -0.418. The highest BCUT2D eigenvalue weighted by molar-refractivity contribution is 6.27. The second kappa shape index (κ2) is 7.38. The first-order valence-electron chi connectivity index (χ1n) is 4.76. The lowest BCUT2D eigenvalue weighted by Crippen LogP contribution is -2.45. The number of aliphatic hydroxyl groups excluding tert-OH is 1. The SMILES string of the molecule is CCCCN[C@H](C(=O)C=[N+]=[N-])[C@@H](C)O. The van der Waals surface area contributed by atoms with E-state index in [9.17, 15) is 9.90 Å². The Balaban J connectivity index is 4.14. The zero-order valence-electron chi connectivity index (χ0n) is 8.60. The molecular formula is C9H17N3O2. The van der Waals surface area contributed by atoms with E-state index in [0.717, 1.165) is 19.1 Å². The van der Waals surface area contributed by atoms with E-state index in [1.54, 1.807) is 0 Å². The molecule has 0 aromatic carbocycles. The van der Waals surface area contributed by atoms with Gasteiger partial charge in [0.05, 0.1) is 6.10 Å². The average molecular weight is 199 g/mol. The van der Waals surface area contributed by atoms with Crippen molar-refractivity contribution < 1.29 is 14.7 Å². The number of carbonyl (C=O) groups excluding carboxylic acids is 1. The van der Waals surface area contributed by atoms with Crippen LogP contribution in [0.3, 0.4) is 0 Å². The second-order valence-corrected chi connectivity index (χ2v) is 3.17. The molecule has 0 aromatic rings. The number of unbranched alkanes of at least 4 members (excludes halogenated alkanes) is 1. The van der Waals surface area contributed by atoms with Crippen LogP contribution in [0.25, 0.3) is 5.53 Å². The number of hydrogen-bond acceptors (Lipinski definition) is 3. The van der Waals surface area contributed by atoms with Crippen LogP contribution in [0.5, 0.6) is 0 Å². The maximum atomic E-state index is 11.2. The van der Waals surface area contributed by atoms with E-state index in [2.05, 4.69) is 10.1 Å². The van der Waals surface area contributed by atoms with E-state index in [0.29, 0.717) is 6.54 Å². The smallest absolute Gasteiger partial charge is 0.324 e. The van der Waals surface area contributed by atoms with Crippen molar-refractivity contribution in [1.29, 1.82) is 0 Å². The molecule has 0 rings (SSSR count). The quantitative estimate of drug-likeness (QED) is 0.262. The fraction of sp³-hybridized carbons (Fsp3) is 0.778. The van der Waals surface area contributed by atoms with Crippen molar-refractivity contribution in [3.05, 3.63) is 5.53 Å². The Morgan fingerprint density at radius 1 is 1.71 bits per heavy atom. The normalized spacial score (nSPS) is 14.2. The lowest BCUT2D eigenvalue weighted by molar-refractivity contribution is -0.120. The van der Waals surface area contributed by atoms with Gasteiger partial charge in [0.15, 0.2) is 0 Å². The summed E-state index contributed by atoms with van der Waals surface area (Å²) < 4.78 is 0. The van der Waals surface area contributed by atoms with Gasteiger partial charge in [0.25, 0.3) is 5.78 Å². The number of Topliss-reactive ketones (excluding diaryl/α,β-unsaturated/α-hetero) is 1. The molecule has 0 bridgehead atoms. The third kappa shape index (κ3) is 4.87. The first-order chi connectivity index (χ1) is 6.63. The van der Waals surface area contributed by atoms with Crippen molar-refractivity contribution in [1.82, 2.24) is 5.32 Å². The van der Waals surface area contributed by atoms with Crippen LogP contribution in [-0.4, -0.2) is 40.6 Å². The molecular weight excluding hydrogens is 182 g/mol. The van der Waals surface area contributed by atoms with Crippen LogP contribution in [-0.2, 0) is 4.79 Å². The third-order valence-corrected chi connectivity index (χ3v) is 1.87. The zero-order valence-corrected chi connectivity index (χ0v) is 8.60. The van der Waals surface area contributed by atoms with Crippen LogP contribution < -0.4 is 5.32 Å². The summed E-state index contributed by atoms with van der Waals surface area (Å²) in [6.07, 6.45) is 1.96. The van der Waals surface area contributed by atoms with Gasteiger partial charge in [-0.3, -0.25) is 4.79 Å². The third-order valence-electron chi connectivity index (χ3n) is 1.87. The number of nitrogens with zero attached hydrogens (tertiary/aromatic N) is 2. The maximum Gasteiger partial charge on any atom is 0.324 e. The largest absolute Gasteiger partial charge is 0.391 e. The van der Waals surface area contributed by atoms with Gasteiger partial charge in [-0.05, 0) is 19.9 Å². The number of hydrogen-bond donors (Lipinski definition) is 2. The van der Waals surface area contributed by atoms with Gasteiger partial charge >= 0.3 is 6.21 Å². The molecule has 0 unspecified atom stereocenters. The predicted octanol–water partition coefficient (Wildman–Crippen LogP) is -0.00480. The Kier molecular flexibility index (Phi) is 6.84. The Bertz CT molecular complexity index is 222. The van der Waals surface area contributed by atoms with Crippen LogP contribution in [0.4, 0.5) is 0 Å². The molecule has 0 amide bonds. The highest BCUT2D eigenvalue weighted by Crippen LogP contribution is 1.94. The van der Waals surface area contributed by atoms with E-state index in [1.807, 2.05) is 6.92 Å². The maximum absolute atomic E-state index is 11.2. The van der Waals surface area contributed by atoms with Crippen LogP contribution in [0.15, 0.2) is 0 Å². The summed E-state index contributed by atoms with van der Waals surface area (Å²) in [5.41, 5.74) is 8.18. The standard InChI is InChI=1S/C9H17N3O2/c1-3-4-5-11-9(7(2)13)8(14)6-12-10/h6-7,9,11,13H,3-5H2,1-2H3/t7-,9+/m1/s1. The molecule has 0 aliphatic carbocycles. The minimum Gasteiger partial charge on any atom is -0.391 e. The van der Waals surface area contributed by atoms with Crippen molar-refractivity contribution in [2.45, 2.75) is 38.8 Å². The second-order valence-electron chi connectivity index (χ2n) is 3.17. The number of nitrogens with one attached hydrogen (secondary N) is 1. The summed E-state index contributed by atoms with van der Waals surface area (Å²) >= 11 is 0. The van der Waals surface area contributed by atoms with E-state index < -0.39 is 17.9 Å². The van der Waals surface area contributed by atoms with E-state index in [-0.39, 0.29) is 0 Å². The Morgan fingerprint density at radius 3 is 2.79 bits per heavy atom. The van der Waals surface area contributed by atoms with Gasteiger partial charge in [0.2, 0.25) is 0 Å². The molecule has 0 spiro atoms. The first-order valence-corrected chi connectivity index (χ1v) is 4.76. The van der Waals surface area contributed by atoms with Gasteiger partial charge < -0.3 is 16.0 Å². The molecule has 0 saturated heterocycles. The monoisotopic (exact) mass is 199 g/mol. The van der Waals surface area contributed by atoms with E-state index >= 15 is 0 Å². The molecule has 2 atom stereocenters. The molecule has 5 nitrogen and oxygen atoms in total. The highest BCUT2D eigenvalue weighted by atomic mass is 16.3. The molecule has 0 radical (unpaired) electrons. The lowest BCUT2D eigenvalue weighted by atomic mass is 10.1. The van der Waals surface area contributed by atoms with Crippen molar-refractivity contribution in [2.24, 2.45) is 0 Å². The molecule has 0 aliphatic rings.